The van der Waals surface area contributed by atoms with Gasteiger partial charge in [-0.2, -0.15) is 44.9 Å². The van der Waals surface area contributed by atoms with E-state index < -0.39 is 0 Å². The lowest BCUT2D eigenvalue weighted by Gasteiger charge is -2.53. The first-order chi connectivity index (χ1) is 53.8. The maximum atomic E-state index is 6.46. The molecule has 21 nitrogen and oxygen atoms in total. The molecule has 3 aromatic rings. The van der Waals surface area contributed by atoms with Gasteiger partial charge < -0.3 is 60.0 Å². The van der Waals surface area contributed by atoms with Crippen molar-refractivity contribution >= 4 is 53.5 Å². The zero-order valence-corrected chi connectivity index (χ0v) is 79.9. The average molecular weight is 1600 g/mol. The van der Waals surface area contributed by atoms with Gasteiger partial charge in [0, 0.05) is 122 Å². The molecule has 0 spiro atoms. The van der Waals surface area contributed by atoms with Gasteiger partial charge in [0.15, 0.2) is 0 Å². The second-order valence-corrected chi connectivity index (χ2v) is 44.2. The lowest BCUT2D eigenvalue weighted by atomic mass is 9.63. The Morgan fingerprint density at radius 2 is 0.374 bits per heavy atom. The van der Waals surface area contributed by atoms with Crippen molar-refractivity contribution in [3.8, 4) is 0 Å². The highest BCUT2D eigenvalue weighted by molar-refractivity contribution is 5.55. The summed E-state index contributed by atoms with van der Waals surface area (Å²) in [5, 5.41) is 12.4. The Hall–Kier alpha value is -4.89. The van der Waals surface area contributed by atoms with E-state index in [2.05, 4.69) is 261 Å². The van der Waals surface area contributed by atoms with Crippen LogP contribution in [-0.2, 0) is 0 Å². The van der Waals surface area contributed by atoms with E-state index in [1.165, 1.54) is 0 Å². The molecule has 8 rings (SSSR count). The van der Waals surface area contributed by atoms with E-state index in [1.807, 2.05) is 0 Å². The second-order valence-electron chi connectivity index (χ2n) is 44.2. The summed E-state index contributed by atoms with van der Waals surface area (Å²) in [6, 6.07) is 0.224. The molecule has 115 heavy (non-hydrogen) atoms. The molecule has 0 atom stereocenters. The SMILES string of the molecule is CCCCN(CCCC)c1nc(N(CCCC)CCCC)nc(N(CN(c2nc(N(CCCC)C3CC(C)(C)NC(C)(C)C3)nc(N(CN(c3nc(N(CCCC)CCCC)nc(N(CCCC)CCCC)n3)C3CC(C)(C)NC(C)(C)C3)C3CC(C)(C)CC(C)(C)C3)n2)C2CC(C)(C)CC(C)(C)C2)C2CC(C)(C)NC(C)(C)C2)n1. The number of rotatable bonds is 45. The van der Waals surface area contributed by atoms with Crippen molar-refractivity contribution in [1.29, 1.82) is 0 Å². The first-order valence-electron chi connectivity index (χ1n) is 47.3. The summed E-state index contributed by atoms with van der Waals surface area (Å²) in [7, 11) is 0. The van der Waals surface area contributed by atoms with Gasteiger partial charge in [-0.15, -0.1) is 0 Å². The third kappa shape index (κ3) is 28.1. The molecule has 5 fully saturated rings. The molecule has 21 heteroatoms. The molecule has 0 amide bonds. The van der Waals surface area contributed by atoms with Gasteiger partial charge in [-0.1, -0.05) is 175 Å². The lowest BCUT2D eigenvalue weighted by molar-refractivity contribution is 0.0935. The molecule has 3 saturated heterocycles. The standard InChI is InChI=1S/C94H177N21/c1-30-39-48-107(49-40-31-2)76-95-77(108(50-41-32-3)51-42-33-4)98-81(97-76)114(74-63-91(22,23)105-92(24,25)64-74)69-112(71-57-85(10,11)67-86(12,13)58-71)83-101-80(111(56-47-38-9)73-61-89(18,19)104-90(20,21)62-73)102-84(103-83)113(72-59-87(14,15)68-88(16,17)60-72)70-115(75-65-93(26,27)106-94(28,29)66-75)82-99-78(109(52-43-34-5)53-44-35-6)96-79(100-82)110(54-45-36-7)55-46-37-8/h71-75,104-106H,30-70H2,1-29H3. The van der Waals surface area contributed by atoms with Crippen LogP contribution in [0.3, 0.4) is 0 Å². The number of hydrogen-bond donors (Lipinski definition) is 3. The number of anilines is 9. The van der Waals surface area contributed by atoms with Gasteiger partial charge in [0.05, 0.1) is 13.3 Å². The maximum Gasteiger partial charge on any atom is 0.233 e. The molecular formula is C94H177N21. The average Bonchev–Trinajstić information content (AvgIpc) is 0.792. The molecule has 0 aromatic carbocycles. The van der Waals surface area contributed by atoms with Crippen molar-refractivity contribution in [2.75, 3.05) is 116 Å². The van der Waals surface area contributed by atoms with E-state index >= 15 is 0 Å². The summed E-state index contributed by atoms with van der Waals surface area (Å²) < 4.78 is 0. The quantitative estimate of drug-likeness (QED) is 0.0454. The zero-order chi connectivity index (χ0) is 84.8. The first-order valence-corrected chi connectivity index (χ1v) is 47.3. The minimum Gasteiger partial charge on any atom is -0.341 e. The Morgan fingerprint density at radius 1 is 0.217 bits per heavy atom. The van der Waals surface area contributed by atoms with Crippen molar-refractivity contribution in [1.82, 2.24) is 60.8 Å². The Balaban J connectivity index is 1.56. The van der Waals surface area contributed by atoms with Crippen LogP contribution in [0, 0.1) is 21.7 Å². The van der Waals surface area contributed by atoms with Crippen LogP contribution >= 0.6 is 0 Å². The second kappa shape index (κ2) is 40.7. The fraction of sp³-hybridized carbons (Fsp3) is 0.904. The minimum absolute atomic E-state index is 0.00621. The predicted octanol–water partition coefficient (Wildman–Crippen LogP) is 21.2. The molecule has 5 aliphatic rings. The van der Waals surface area contributed by atoms with Crippen LogP contribution in [0.5, 0.6) is 0 Å². The van der Waals surface area contributed by atoms with Crippen LogP contribution in [0.25, 0.3) is 0 Å². The number of aromatic nitrogens is 9. The van der Waals surface area contributed by atoms with Gasteiger partial charge in [0.1, 0.15) is 0 Å². The van der Waals surface area contributed by atoms with Crippen molar-refractivity contribution in [2.24, 2.45) is 21.7 Å². The van der Waals surface area contributed by atoms with Crippen molar-refractivity contribution in [3.05, 3.63) is 0 Å². The molecule has 0 unspecified atom stereocenters. The Morgan fingerprint density at radius 3 is 0.574 bits per heavy atom. The van der Waals surface area contributed by atoms with Crippen LogP contribution in [-0.4, -0.2) is 181 Å². The van der Waals surface area contributed by atoms with Crippen LogP contribution in [0.2, 0.25) is 0 Å². The third-order valence-electron chi connectivity index (χ3n) is 25.6. The van der Waals surface area contributed by atoms with E-state index in [-0.39, 0.29) is 85.1 Å². The number of nitrogens with zero attached hydrogens (tertiary/aromatic N) is 18. The number of unbranched alkanes of at least 4 members (excludes halogenated alkanes) is 9. The van der Waals surface area contributed by atoms with Gasteiger partial charge in [0.25, 0.3) is 0 Å². The monoisotopic (exact) mass is 1600 g/mol. The van der Waals surface area contributed by atoms with Gasteiger partial charge >= 0.3 is 0 Å². The summed E-state index contributed by atoms with van der Waals surface area (Å²) in [4.78, 5) is 77.9. The number of hydrogen-bond acceptors (Lipinski definition) is 21. The van der Waals surface area contributed by atoms with E-state index in [4.69, 9.17) is 44.9 Å². The molecule has 658 valence electrons. The molecule has 2 aliphatic carbocycles. The molecule has 6 heterocycles. The minimum atomic E-state index is -0.214. The van der Waals surface area contributed by atoms with E-state index in [0.29, 0.717) is 13.3 Å². The Kier molecular flexibility index (Phi) is 33.8. The molecule has 3 aromatic heterocycles. The van der Waals surface area contributed by atoms with Crippen molar-refractivity contribution in [3.63, 3.8) is 0 Å². The summed E-state index contributed by atoms with van der Waals surface area (Å²) in [5.41, 5.74) is -1.18. The highest BCUT2D eigenvalue weighted by Gasteiger charge is 2.50. The van der Waals surface area contributed by atoms with Crippen LogP contribution in [0.1, 0.15) is 393 Å². The fourth-order valence-corrected chi connectivity index (χ4v) is 22.2. The Labute approximate surface area is 705 Å². The summed E-state index contributed by atoms with van der Waals surface area (Å²) in [5.74, 6) is 6.97. The summed E-state index contributed by atoms with van der Waals surface area (Å²) in [6.07, 6.45) is 30.8. The zero-order valence-electron chi connectivity index (χ0n) is 79.9. The van der Waals surface area contributed by atoms with E-state index in [1.54, 1.807) is 0 Å². The van der Waals surface area contributed by atoms with Crippen LogP contribution in [0.4, 0.5) is 53.5 Å². The smallest absolute Gasteiger partial charge is 0.233 e. The van der Waals surface area contributed by atoms with Gasteiger partial charge in [0.2, 0.25) is 53.5 Å². The fourth-order valence-electron chi connectivity index (χ4n) is 22.2. The van der Waals surface area contributed by atoms with Crippen molar-refractivity contribution in [2.45, 2.75) is 457 Å². The molecule has 0 bridgehead atoms. The number of piperidine rings is 3. The molecule has 2 saturated carbocycles. The largest absolute Gasteiger partial charge is 0.341 e. The van der Waals surface area contributed by atoms with Gasteiger partial charge in [-0.3, -0.25) is 0 Å². The molecule has 3 N–H and O–H groups in total. The van der Waals surface area contributed by atoms with Gasteiger partial charge in [-0.05, 0) is 240 Å². The molecule has 3 aliphatic heterocycles. The van der Waals surface area contributed by atoms with Gasteiger partial charge in [-0.25, -0.2) is 0 Å². The Bertz CT molecular complexity index is 3030. The van der Waals surface area contributed by atoms with Crippen LogP contribution < -0.4 is 60.0 Å². The third-order valence-corrected chi connectivity index (χ3v) is 25.6. The highest BCUT2D eigenvalue weighted by Crippen LogP contribution is 2.51. The van der Waals surface area contributed by atoms with Crippen LogP contribution in [0.15, 0.2) is 0 Å². The van der Waals surface area contributed by atoms with E-state index in [0.717, 1.165) is 305 Å². The van der Waals surface area contributed by atoms with Crippen molar-refractivity contribution < 1.29 is 0 Å². The first kappa shape index (κ1) is 95.6. The maximum absolute atomic E-state index is 6.46. The molecule has 0 radical (unpaired) electrons. The molecular weight excluding hydrogens is 1420 g/mol. The summed E-state index contributed by atoms with van der Waals surface area (Å²) in [6.45, 7) is 79.0. The highest BCUT2D eigenvalue weighted by atomic mass is 15.5. The van der Waals surface area contributed by atoms with E-state index in [9.17, 15) is 0 Å². The predicted molar refractivity (Wildman–Crippen MR) is 493 cm³/mol. The lowest BCUT2D eigenvalue weighted by Crippen LogP contribution is -2.64. The normalized spacial score (nSPS) is 21.1. The topological polar surface area (TPSA) is 181 Å². The summed E-state index contributed by atoms with van der Waals surface area (Å²) >= 11 is 0. The number of nitrogens with one attached hydrogen (secondary N) is 3.